The second-order valence-corrected chi connectivity index (χ2v) is 11.7. The maximum Gasteiger partial charge on any atom is 0.244 e. The van der Waals surface area contributed by atoms with Gasteiger partial charge < -0.3 is 10.2 Å². The van der Waals surface area contributed by atoms with Crippen molar-refractivity contribution < 1.29 is 27.2 Å². The van der Waals surface area contributed by atoms with Crippen LogP contribution in [-0.4, -0.2) is 55.8 Å². The molecule has 1 unspecified atom stereocenters. The lowest BCUT2D eigenvalue weighted by Crippen LogP contribution is -2.53. The normalized spacial score (nSPS) is 14.9. The van der Waals surface area contributed by atoms with Crippen molar-refractivity contribution in [1.82, 2.24) is 10.2 Å². The smallest absolute Gasteiger partial charge is 0.244 e. The van der Waals surface area contributed by atoms with Crippen LogP contribution in [0.25, 0.3) is 0 Å². The number of sulfonamides is 1. The van der Waals surface area contributed by atoms with Crippen LogP contribution in [0.5, 0.6) is 0 Å². The van der Waals surface area contributed by atoms with Gasteiger partial charge in [0.05, 0.1) is 11.9 Å². The van der Waals surface area contributed by atoms with Gasteiger partial charge in [-0.1, -0.05) is 50.5 Å². The number of Topliss-reactive ketones (excluding diaryl/α,β-unsaturated/α-hetero) is 1. The number of anilines is 1. The van der Waals surface area contributed by atoms with Crippen LogP contribution in [0.4, 0.5) is 10.1 Å². The van der Waals surface area contributed by atoms with Crippen LogP contribution < -0.4 is 9.62 Å². The lowest BCUT2D eigenvalue weighted by atomic mass is 9.95. The summed E-state index contributed by atoms with van der Waals surface area (Å²) in [6.07, 6.45) is 6.24. The van der Waals surface area contributed by atoms with Crippen molar-refractivity contribution in [1.29, 1.82) is 0 Å². The third kappa shape index (κ3) is 7.86. The molecule has 0 spiro atoms. The number of carbonyl (C=O) groups is 3. The van der Waals surface area contributed by atoms with Gasteiger partial charge in [0.2, 0.25) is 21.8 Å². The van der Waals surface area contributed by atoms with Crippen LogP contribution in [0.2, 0.25) is 0 Å². The van der Waals surface area contributed by atoms with Crippen LogP contribution >= 0.6 is 0 Å². The Hall–Kier alpha value is -3.27. The van der Waals surface area contributed by atoms with E-state index in [-0.39, 0.29) is 30.0 Å². The molecule has 2 amide bonds. The zero-order valence-electron chi connectivity index (χ0n) is 22.2. The molecule has 1 aliphatic rings. The zero-order valence-corrected chi connectivity index (χ0v) is 23.0. The molecule has 206 valence electrons. The molecule has 1 saturated carbocycles. The highest BCUT2D eigenvalue weighted by molar-refractivity contribution is 7.92. The van der Waals surface area contributed by atoms with Gasteiger partial charge in [0.1, 0.15) is 18.4 Å². The lowest BCUT2D eigenvalue weighted by Gasteiger charge is -2.34. The number of carbonyl (C=O) groups excluding carboxylic acids is 3. The highest BCUT2D eigenvalue weighted by atomic mass is 32.2. The Kier molecular flexibility index (Phi) is 10.0. The minimum absolute atomic E-state index is 0.000788. The largest absolute Gasteiger partial charge is 0.352 e. The van der Waals surface area contributed by atoms with Gasteiger partial charge in [-0.2, -0.15) is 0 Å². The van der Waals surface area contributed by atoms with E-state index in [0.717, 1.165) is 42.7 Å². The Morgan fingerprint density at radius 3 is 2.29 bits per heavy atom. The first-order valence-electron chi connectivity index (χ1n) is 12.9. The molecule has 2 aromatic carbocycles. The lowest BCUT2D eigenvalue weighted by molar-refractivity contribution is -0.140. The van der Waals surface area contributed by atoms with Gasteiger partial charge in [0.25, 0.3) is 0 Å². The third-order valence-electron chi connectivity index (χ3n) is 6.82. The fourth-order valence-electron chi connectivity index (χ4n) is 4.74. The summed E-state index contributed by atoms with van der Waals surface area (Å²) in [7, 11) is -3.92. The van der Waals surface area contributed by atoms with Crippen LogP contribution in [0.15, 0.2) is 48.5 Å². The van der Waals surface area contributed by atoms with E-state index < -0.39 is 34.3 Å². The van der Waals surface area contributed by atoms with Gasteiger partial charge in [-0.05, 0) is 56.0 Å². The molecule has 8 nitrogen and oxygen atoms in total. The van der Waals surface area contributed by atoms with Crippen molar-refractivity contribution in [2.45, 2.75) is 71.0 Å². The molecule has 1 N–H and O–H groups in total. The molecule has 1 aliphatic carbocycles. The summed E-state index contributed by atoms with van der Waals surface area (Å²) in [6, 6.07) is 10.9. The number of benzene rings is 2. The number of halogens is 1. The van der Waals surface area contributed by atoms with Gasteiger partial charge in [0.15, 0.2) is 5.78 Å². The minimum atomic E-state index is -3.92. The van der Waals surface area contributed by atoms with Crippen LogP contribution in [0.3, 0.4) is 0 Å². The van der Waals surface area contributed by atoms with Crippen LogP contribution in [0.1, 0.15) is 68.3 Å². The van der Waals surface area contributed by atoms with Gasteiger partial charge in [-0.25, -0.2) is 12.8 Å². The van der Waals surface area contributed by atoms with Crippen LogP contribution in [0, 0.1) is 5.82 Å². The number of ketones is 1. The van der Waals surface area contributed by atoms with Crippen molar-refractivity contribution >= 4 is 33.3 Å². The number of nitrogens with one attached hydrogen (secondary N) is 1. The second kappa shape index (κ2) is 13.0. The number of hydrogen-bond donors (Lipinski definition) is 1. The first kappa shape index (κ1) is 29.3. The molecular formula is C28H36FN3O5S. The highest BCUT2D eigenvalue weighted by Crippen LogP contribution is 2.22. The van der Waals surface area contributed by atoms with E-state index in [0.29, 0.717) is 17.5 Å². The Labute approximate surface area is 224 Å². The van der Waals surface area contributed by atoms with Crippen molar-refractivity contribution in [2.75, 3.05) is 17.1 Å². The first-order chi connectivity index (χ1) is 18.0. The van der Waals surface area contributed by atoms with E-state index in [1.54, 1.807) is 19.1 Å². The summed E-state index contributed by atoms with van der Waals surface area (Å²) in [5, 5.41) is 3.07. The molecule has 0 heterocycles. The van der Waals surface area contributed by atoms with E-state index in [1.807, 2.05) is 0 Å². The van der Waals surface area contributed by atoms with E-state index in [9.17, 15) is 27.2 Å². The molecular weight excluding hydrogens is 509 g/mol. The Balaban J connectivity index is 1.93. The molecule has 0 saturated heterocycles. The molecule has 0 aromatic heterocycles. The zero-order chi connectivity index (χ0) is 27.9. The summed E-state index contributed by atoms with van der Waals surface area (Å²) >= 11 is 0. The van der Waals surface area contributed by atoms with Crippen molar-refractivity contribution in [3.63, 3.8) is 0 Å². The van der Waals surface area contributed by atoms with Gasteiger partial charge in [-0.3, -0.25) is 18.7 Å². The predicted octanol–water partition coefficient (Wildman–Crippen LogP) is 4.05. The van der Waals surface area contributed by atoms with Gasteiger partial charge in [-0.15, -0.1) is 0 Å². The number of nitrogens with zero attached hydrogens (tertiary/aromatic N) is 2. The average molecular weight is 546 g/mol. The summed E-state index contributed by atoms with van der Waals surface area (Å²) < 4.78 is 40.0. The Bertz CT molecular complexity index is 1240. The Morgan fingerprint density at radius 2 is 1.71 bits per heavy atom. The van der Waals surface area contributed by atoms with E-state index in [4.69, 9.17) is 0 Å². The maximum atomic E-state index is 13.8. The summed E-state index contributed by atoms with van der Waals surface area (Å²) in [6.45, 7) is 2.60. The average Bonchev–Trinajstić information content (AvgIpc) is 2.88. The maximum absolute atomic E-state index is 13.8. The number of hydrogen-bond acceptors (Lipinski definition) is 5. The SMILES string of the molecule is CCC(C(=O)NC1CCCCC1)N(Cc1ccc(F)cc1)C(=O)CN(c1cccc(C(C)=O)c1)S(C)(=O)=O. The molecule has 10 heteroatoms. The highest BCUT2D eigenvalue weighted by Gasteiger charge is 2.33. The van der Waals surface area contributed by atoms with Crippen molar-refractivity contribution in [3.05, 3.63) is 65.5 Å². The van der Waals surface area contributed by atoms with E-state index >= 15 is 0 Å². The third-order valence-corrected chi connectivity index (χ3v) is 7.96. The topological polar surface area (TPSA) is 104 Å². The molecule has 1 atom stereocenters. The Morgan fingerprint density at radius 1 is 1.05 bits per heavy atom. The van der Waals surface area contributed by atoms with E-state index in [2.05, 4.69) is 5.32 Å². The van der Waals surface area contributed by atoms with Gasteiger partial charge >= 0.3 is 0 Å². The molecule has 3 rings (SSSR count). The number of amides is 2. The molecule has 0 aliphatic heterocycles. The summed E-state index contributed by atoms with van der Waals surface area (Å²) in [5.41, 5.74) is 1.09. The summed E-state index contributed by atoms with van der Waals surface area (Å²) in [5.74, 6) is -1.55. The first-order valence-corrected chi connectivity index (χ1v) is 14.8. The quantitative estimate of drug-likeness (QED) is 0.429. The monoisotopic (exact) mass is 545 g/mol. The molecule has 38 heavy (non-hydrogen) atoms. The fourth-order valence-corrected chi connectivity index (χ4v) is 5.59. The molecule has 2 aromatic rings. The van der Waals surface area contributed by atoms with Crippen LogP contribution in [-0.2, 0) is 26.2 Å². The molecule has 0 radical (unpaired) electrons. The van der Waals surface area contributed by atoms with Gasteiger partial charge in [0, 0.05) is 18.2 Å². The molecule has 1 fully saturated rings. The standard InChI is InChI=1S/C28H36FN3O5S/c1-4-26(28(35)30-24-10-6-5-7-11-24)31(18-21-13-15-23(29)16-14-21)27(34)19-32(38(3,36)37)25-12-8-9-22(17-25)20(2)33/h8-9,12-17,24,26H,4-7,10-11,18-19H2,1-3H3,(H,30,35). The summed E-state index contributed by atoms with van der Waals surface area (Å²) in [4.78, 5) is 40.4. The fraction of sp³-hybridized carbons (Fsp3) is 0.464. The molecule has 0 bridgehead atoms. The predicted molar refractivity (Wildman–Crippen MR) is 145 cm³/mol. The van der Waals surface area contributed by atoms with Crippen molar-refractivity contribution in [2.24, 2.45) is 0 Å². The number of rotatable bonds is 11. The van der Waals surface area contributed by atoms with Crippen molar-refractivity contribution in [3.8, 4) is 0 Å². The minimum Gasteiger partial charge on any atom is -0.352 e. The van der Waals surface area contributed by atoms with E-state index in [1.165, 1.54) is 48.2 Å². The second-order valence-electron chi connectivity index (χ2n) is 9.79.